The number of aryl methyl sites for hydroxylation is 2. The predicted molar refractivity (Wildman–Crippen MR) is 90.2 cm³/mol. The molecule has 0 spiro atoms. The fraction of sp³-hybridized carbons (Fsp3) is 0.765. The van der Waals surface area contributed by atoms with Crippen LogP contribution in [0.5, 0.6) is 0 Å². The summed E-state index contributed by atoms with van der Waals surface area (Å²) in [6, 6.07) is 0. The molecule has 130 valence electrons. The number of carbonyl (C=O) groups is 1. The molecule has 1 atom stereocenters. The Morgan fingerprint density at radius 1 is 1.48 bits per heavy atom. The smallest absolute Gasteiger partial charge is 0.410 e. The molecule has 6 heteroatoms. The summed E-state index contributed by atoms with van der Waals surface area (Å²) in [6.45, 7) is 11.1. The largest absolute Gasteiger partial charge is 0.444 e. The maximum Gasteiger partial charge on any atom is 0.410 e. The minimum absolute atomic E-state index is 0.194. The summed E-state index contributed by atoms with van der Waals surface area (Å²) >= 11 is 0. The highest BCUT2D eigenvalue weighted by Gasteiger charge is 2.29. The maximum atomic E-state index is 12.1. The number of likely N-dealkylation sites (tertiary alicyclic amines) is 1. The van der Waals surface area contributed by atoms with Crippen LogP contribution in [0.4, 0.5) is 4.79 Å². The molecule has 0 aromatic carbocycles. The molecule has 23 heavy (non-hydrogen) atoms. The average molecular weight is 322 g/mol. The zero-order valence-electron chi connectivity index (χ0n) is 15.1. The molecule has 1 fully saturated rings. The number of aromatic nitrogens is 2. The molecule has 1 unspecified atom stereocenters. The van der Waals surface area contributed by atoms with Crippen molar-refractivity contribution in [1.29, 1.82) is 0 Å². The number of nitrogens with zero attached hydrogens (tertiary/aromatic N) is 3. The molecule has 2 rings (SSSR count). The van der Waals surface area contributed by atoms with E-state index in [-0.39, 0.29) is 6.09 Å². The predicted octanol–water partition coefficient (Wildman–Crippen LogP) is 2.33. The van der Waals surface area contributed by atoms with Gasteiger partial charge in [-0.1, -0.05) is 6.92 Å². The Morgan fingerprint density at radius 2 is 2.22 bits per heavy atom. The maximum absolute atomic E-state index is 12.1. The number of ether oxygens (including phenoxy) is 1. The van der Waals surface area contributed by atoms with Crippen LogP contribution in [0.3, 0.4) is 0 Å². The van der Waals surface area contributed by atoms with Crippen molar-refractivity contribution in [2.45, 2.75) is 52.7 Å². The first-order valence-corrected chi connectivity index (χ1v) is 8.48. The molecule has 1 aliphatic heterocycles. The van der Waals surface area contributed by atoms with Gasteiger partial charge in [-0.25, -0.2) is 4.79 Å². The highest BCUT2D eigenvalue weighted by Crippen LogP contribution is 2.19. The summed E-state index contributed by atoms with van der Waals surface area (Å²) < 4.78 is 7.30. The van der Waals surface area contributed by atoms with E-state index in [0.717, 1.165) is 44.7 Å². The van der Waals surface area contributed by atoms with Crippen molar-refractivity contribution in [3.05, 3.63) is 17.5 Å². The van der Waals surface area contributed by atoms with E-state index in [2.05, 4.69) is 23.5 Å². The molecule has 0 saturated carbocycles. The van der Waals surface area contributed by atoms with Crippen LogP contribution in [-0.2, 0) is 24.8 Å². The zero-order chi connectivity index (χ0) is 17.0. The minimum Gasteiger partial charge on any atom is -0.444 e. The lowest BCUT2D eigenvalue weighted by Gasteiger charge is -2.24. The molecular weight excluding hydrogens is 292 g/mol. The van der Waals surface area contributed by atoms with Crippen LogP contribution in [0.2, 0.25) is 0 Å². The van der Waals surface area contributed by atoms with Gasteiger partial charge in [0, 0.05) is 45.0 Å². The third-order valence-corrected chi connectivity index (χ3v) is 4.01. The molecular formula is C17H30N4O2. The summed E-state index contributed by atoms with van der Waals surface area (Å²) in [5.74, 6) is 0.490. The van der Waals surface area contributed by atoms with Crippen LogP contribution in [0, 0.1) is 5.92 Å². The first-order valence-electron chi connectivity index (χ1n) is 8.48. The molecule has 6 nitrogen and oxygen atoms in total. The second-order valence-corrected chi connectivity index (χ2v) is 7.34. The van der Waals surface area contributed by atoms with Gasteiger partial charge >= 0.3 is 6.09 Å². The monoisotopic (exact) mass is 322 g/mol. The van der Waals surface area contributed by atoms with E-state index in [4.69, 9.17) is 4.74 Å². The van der Waals surface area contributed by atoms with Crippen LogP contribution in [-0.4, -0.2) is 46.0 Å². The molecule has 1 saturated heterocycles. The Hall–Kier alpha value is -1.56. The fourth-order valence-electron chi connectivity index (χ4n) is 2.93. The van der Waals surface area contributed by atoms with Crippen LogP contribution in [0.15, 0.2) is 6.20 Å². The van der Waals surface area contributed by atoms with Crippen molar-refractivity contribution >= 4 is 6.09 Å². The Bertz CT molecular complexity index is 533. The average Bonchev–Trinajstić information content (AvgIpc) is 3.03. The van der Waals surface area contributed by atoms with Crippen molar-refractivity contribution in [3.63, 3.8) is 0 Å². The van der Waals surface area contributed by atoms with Crippen molar-refractivity contribution in [3.8, 4) is 0 Å². The van der Waals surface area contributed by atoms with E-state index in [1.165, 1.54) is 5.56 Å². The van der Waals surface area contributed by atoms with E-state index in [0.29, 0.717) is 5.92 Å². The normalized spacial score (nSPS) is 18.5. The number of nitrogens with one attached hydrogen (secondary N) is 1. The lowest BCUT2D eigenvalue weighted by Crippen LogP contribution is -2.36. The topological polar surface area (TPSA) is 59.4 Å². The van der Waals surface area contributed by atoms with Crippen LogP contribution >= 0.6 is 0 Å². The highest BCUT2D eigenvalue weighted by molar-refractivity contribution is 5.68. The van der Waals surface area contributed by atoms with E-state index in [9.17, 15) is 4.79 Å². The van der Waals surface area contributed by atoms with E-state index < -0.39 is 5.60 Å². The lowest BCUT2D eigenvalue weighted by molar-refractivity contribution is 0.0288. The summed E-state index contributed by atoms with van der Waals surface area (Å²) in [5, 5.41) is 7.96. The third kappa shape index (κ3) is 5.23. The second kappa shape index (κ2) is 7.34. The molecule has 0 aliphatic carbocycles. The van der Waals surface area contributed by atoms with Gasteiger partial charge in [0.2, 0.25) is 0 Å². The molecule has 2 heterocycles. The summed E-state index contributed by atoms with van der Waals surface area (Å²) in [6.07, 6.45) is 3.86. The molecule has 1 N–H and O–H groups in total. The second-order valence-electron chi connectivity index (χ2n) is 7.34. The molecule has 1 aromatic rings. The molecule has 1 amide bonds. The molecule has 0 radical (unpaired) electrons. The summed E-state index contributed by atoms with van der Waals surface area (Å²) in [7, 11) is 1.96. The number of carbonyl (C=O) groups excluding carboxylic acids is 1. The van der Waals surface area contributed by atoms with E-state index >= 15 is 0 Å². The summed E-state index contributed by atoms with van der Waals surface area (Å²) in [4.78, 5) is 13.9. The van der Waals surface area contributed by atoms with Gasteiger partial charge in [0.05, 0.1) is 5.69 Å². The van der Waals surface area contributed by atoms with E-state index in [1.54, 1.807) is 0 Å². The lowest BCUT2D eigenvalue weighted by atomic mass is 10.1. The van der Waals surface area contributed by atoms with Crippen LogP contribution in [0.1, 0.15) is 45.4 Å². The van der Waals surface area contributed by atoms with Gasteiger partial charge in [0.1, 0.15) is 5.60 Å². The van der Waals surface area contributed by atoms with Gasteiger partial charge in [0.15, 0.2) is 0 Å². The van der Waals surface area contributed by atoms with Gasteiger partial charge in [-0.05, 0) is 39.5 Å². The van der Waals surface area contributed by atoms with Crippen molar-refractivity contribution < 1.29 is 9.53 Å². The van der Waals surface area contributed by atoms with Gasteiger partial charge < -0.3 is 15.0 Å². The Morgan fingerprint density at radius 3 is 2.87 bits per heavy atom. The van der Waals surface area contributed by atoms with Crippen LogP contribution < -0.4 is 5.32 Å². The number of amides is 1. The Balaban J connectivity index is 1.74. The number of rotatable bonds is 5. The van der Waals surface area contributed by atoms with Crippen molar-refractivity contribution in [1.82, 2.24) is 20.0 Å². The number of hydrogen-bond donors (Lipinski definition) is 1. The third-order valence-electron chi connectivity index (χ3n) is 4.01. The van der Waals surface area contributed by atoms with Crippen molar-refractivity contribution in [2.75, 3.05) is 19.6 Å². The quantitative estimate of drug-likeness (QED) is 0.904. The standard InChI is InChI=1S/C17H30N4O2/c1-6-15-14(12-20(5)19-15)10-18-9-13-7-8-21(11-13)16(22)23-17(2,3)4/h12-13,18H,6-11H2,1-5H3. The highest BCUT2D eigenvalue weighted by atomic mass is 16.6. The van der Waals surface area contributed by atoms with Crippen molar-refractivity contribution in [2.24, 2.45) is 13.0 Å². The van der Waals surface area contributed by atoms with Gasteiger partial charge in [-0.3, -0.25) is 4.68 Å². The Kier molecular flexibility index (Phi) is 5.68. The zero-order valence-corrected chi connectivity index (χ0v) is 15.1. The first-order chi connectivity index (χ1) is 10.8. The molecule has 0 bridgehead atoms. The van der Waals surface area contributed by atoms with Crippen LogP contribution in [0.25, 0.3) is 0 Å². The van der Waals surface area contributed by atoms with Gasteiger partial charge in [-0.15, -0.1) is 0 Å². The molecule has 1 aromatic heterocycles. The van der Waals surface area contributed by atoms with Gasteiger partial charge in [-0.2, -0.15) is 5.10 Å². The minimum atomic E-state index is -0.426. The summed E-state index contributed by atoms with van der Waals surface area (Å²) in [5.41, 5.74) is 1.99. The SMILES string of the molecule is CCc1nn(C)cc1CNCC1CCN(C(=O)OC(C)(C)C)C1. The Labute approximate surface area is 139 Å². The van der Waals surface area contributed by atoms with E-state index in [1.807, 2.05) is 37.4 Å². The fourth-order valence-corrected chi connectivity index (χ4v) is 2.93. The molecule has 1 aliphatic rings. The van der Waals surface area contributed by atoms with Gasteiger partial charge in [0.25, 0.3) is 0 Å². The first kappa shape index (κ1) is 17.8. The number of hydrogen-bond acceptors (Lipinski definition) is 4.